The van der Waals surface area contributed by atoms with E-state index in [0.29, 0.717) is 23.2 Å². The predicted molar refractivity (Wildman–Crippen MR) is 79.5 cm³/mol. The molecule has 0 aliphatic rings. The van der Waals surface area contributed by atoms with Crippen molar-refractivity contribution in [2.24, 2.45) is 0 Å². The third-order valence-corrected chi connectivity index (χ3v) is 2.94. The Morgan fingerprint density at radius 1 is 1.55 bits per heavy atom. The van der Waals surface area contributed by atoms with Crippen molar-refractivity contribution in [2.45, 2.75) is 26.7 Å². The highest BCUT2D eigenvalue weighted by atomic mass is 35.5. The van der Waals surface area contributed by atoms with Crippen LogP contribution in [0.15, 0.2) is 30.0 Å². The second-order valence-electron chi connectivity index (χ2n) is 4.44. The smallest absolute Gasteiger partial charge is 0.269 e. The fourth-order valence-corrected chi connectivity index (χ4v) is 1.97. The molecule has 0 bridgehead atoms. The molecule has 4 nitrogen and oxygen atoms in total. The first-order chi connectivity index (χ1) is 9.49. The van der Waals surface area contributed by atoms with Gasteiger partial charge in [-0.1, -0.05) is 31.5 Å². The van der Waals surface area contributed by atoms with Crippen LogP contribution in [0.2, 0.25) is 5.02 Å². The van der Waals surface area contributed by atoms with Crippen LogP contribution in [0.3, 0.4) is 0 Å². The largest absolute Gasteiger partial charge is 0.500 e. The van der Waals surface area contributed by atoms with Gasteiger partial charge in [0.2, 0.25) is 0 Å². The van der Waals surface area contributed by atoms with Gasteiger partial charge < -0.3 is 10.1 Å². The van der Waals surface area contributed by atoms with Gasteiger partial charge in [0.25, 0.3) is 5.91 Å². The molecule has 20 heavy (non-hydrogen) atoms. The third kappa shape index (κ3) is 4.29. The van der Waals surface area contributed by atoms with Crippen LogP contribution in [-0.2, 0) is 9.53 Å². The normalized spacial score (nSPS) is 11.1. The van der Waals surface area contributed by atoms with Gasteiger partial charge >= 0.3 is 0 Å². The number of amides is 1. The second kappa shape index (κ2) is 7.56. The summed E-state index contributed by atoms with van der Waals surface area (Å²) in [6.07, 6.45) is 1.15. The number of nitrogens with one attached hydrogen (secondary N) is 1. The molecule has 0 saturated carbocycles. The Morgan fingerprint density at radius 2 is 2.25 bits per heavy atom. The van der Waals surface area contributed by atoms with E-state index in [9.17, 15) is 4.79 Å². The Balaban J connectivity index is 2.86. The summed E-state index contributed by atoms with van der Waals surface area (Å²) in [6.45, 7) is 6.25. The summed E-state index contributed by atoms with van der Waals surface area (Å²) in [4.78, 5) is 11.9. The molecule has 0 unspecified atom stereocenters. The van der Waals surface area contributed by atoms with Crippen molar-refractivity contribution in [3.63, 3.8) is 0 Å². The summed E-state index contributed by atoms with van der Waals surface area (Å²) in [5.41, 5.74) is 1.47. The third-order valence-electron chi connectivity index (χ3n) is 2.61. The number of hydrogen-bond acceptors (Lipinski definition) is 3. The van der Waals surface area contributed by atoms with Gasteiger partial charge in [-0.2, -0.15) is 5.26 Å². The van der Waals surface area contributed by atoms with E-state index in [0.717, 1.165) is 11.8 Å². The molecule has 1 aromatic carbocycles. The van der Waals surface area contributed by atoms with Crippen LogP contribution in [0.25, 0.3) is 0 Å². The zero-order valence-corrected chi connectivity index (χ0v) is 12.5. The Hall–Kier alpha value is -1.99. The number of carbonyl (C=O) groups excluding carboxylic acids is 1. The summed E-state index contributed by atoms with van der Waals surface area (Å²) < 4.78 is 4.95. The topological polar surface area (TPSA) is 62.1 Å². The number of hydrogen-bond donors (Lipinski definition) is 1. The first-order valence-electron chi connectivity index (χ1n) is 6.32. The van der Waals surface area contributed by atoms with Crippen LogP contribution in [0.1, 0.15) is 32.3 Å². The minimum absolute atomic E-state index is 0.0871. The predicted octanol–water partition coefficient (Wildman–Crippen LogP) is 3.85. The second-order valence-corrected chi connectivity index (χ2v) is 4.85. The highest BCUT2D eigenvalue weighted by Gasteiger charge is 2.11. The van der Waals surface area contributed by atoms with E-state index in [1.54, 1.807) is 25.1 Å². The van der Waals surface area contributed by atoms with Crippen LogP contribution in [0.4, 0.5) is 5.69 Å². The summed E-state index contributed by atoms with van der Waals surface area (Å²) >= 11 is 6.15. The maximum atomic E-state index is 11.9. The van der Waals surface area contributed by atoms with E-state index in [2.05, 4.69) is 5.32 Å². The number of ether oxygens (including phenoxy) is 1. The van der Waals surface area contributed by atoms with Crippen LogP contribution < -0.4 is 5.32 Å². The molecule has 0 heterocycles. The fraction of sp³-hybridized carbons (Fsp3) is 0.333. The molecule has 1 rings (SSSR count). The van der Waals surface area contributed by atoms with Crippen molar-refractivity contribution in [2.75, 3.05) is 11.9 Å². The van der Waals surface area contributed by atoms with Crippen LogP contribution in [0, 0.1) is 11.3 Å². The number of nitrogens with zero attached hydrogens (tertiary/aromatic N) is 1. The van der Waals surface area contributed by atoms with Crippen LogP contribution >= 0.6 is 11.6 Å². The van der Waals surface area contributed by atoms with Gasteiger partial charge in [0.15, 0.2) is 5.57 Å². The Kier molecular flexibility index (Phi) is 6.08. The summed E-state index contributed by atoms with van der Waals surface area (Å²) in [7, 11) is 0. The zero-order chi connectivity index (χ0) is 15.1. The van der Waals surface area contributed by atoms with E-state index in [4.69, 9.17) is 21.6 Å². The Labute approximate surface area is 124 Å². The highest BCUT2D eigenvalue weighted by Crippen LogP contribution is 2.27. The average molecular weight is 293 g/mol. The molecule has 0 aromatic heterocycles. The van der Waals surface area contributed by atoms with Gasteiger partial charge in [-0.05, 0) is 30.5 Å². The number of benzene rings is 1. The summed E-state index contributed by atoms with van der Waals surface area (Å²) in [5.74, 6) is -0.214. The lowest BCUT2D eigenvalue weighted by Crippen LogP contribution is -2.14. The molecule has 0 atom stereocenters. The fourth-order valence-electron chi connectivity index (χ4n) is 1.57. The lowest BCUT2D eigenvalue weighted by atomic mass is 10.0. The molecule has 106 valence electrons. The van der Waals surface area contributed by atoms with Gasteiger partial charge in [0.05, 0.1) is 6.61 Å². The van der Waals surface area contributed by atoms with Crippen molar-refractivity contribution < 1.29 is 9.53 Å². The number of halogens is 1. The highest BCUT2D eigenvalue weighted by molar-refractivity contribution is 6.31. The lowest BCUT2D eigenvalue weighted by molar-refractivity contribution is -0.112. The van der Waals surface area contributed by atoms with Crippen molar-refractivity contribution in [3.05, 3.63) is 40.6 Å². The molecule has 0 fully saturated rings. The van der Waals surface area contributed by atoms with Gasteiger partial charge in [-0.15, -0.1) is 0 Å². The minimum Gasteiger partial charge on any atom is -0.500 e. The first kappa shape index (κ1) is 16.1. The minimum atomic E-state index is -0.519. The molecule has 0 aliphatic carbocycles. The van der Waals surface area contributed by atoms with E-state index in [1.807, 2.05) is 19.9 Å². The first-order valence-corrected chi connectivity index (χ1v) is 6.70. The van der Waals surface area contributed by atoms with Crippen molar-refractivity contribution in [1.82, 2.24) is 0 Å². The van der Waals surface area contributed by atoms with Gasteiger partial charge in [0, 0.05) is 10.7 Å². The standard InChI is InChI=1S/C15H17ClN2O2/c1-4-20-9-11(8-17)15(19)18-12-5-6-13(10(2)3)14(16)7-12/h5-7,9-10H,4H2,1-3H3,(H,18,19). The van der Waals surface area contributed by atoms with Crippen molar-refractivity contribution in [1.29, 1.82) is 5.26 Å². The van der Waals surface area contributed by atoms with E-state index in [1.165, 1.54) is 0 Å². The van der Waals surface area contributed by atoms with E-state index >= 15 is 0 Å². The summed E-state index contributed by atoms with van der Waals surface area (Å²) in [6, 6.07) is 7.08. The monoisotopic (exact) mass is 292 g/mol. The van der Waals surface area contributed by atoms with Gasteiger partial charge in [-0.3, -0.25) is 4.79 Å². The molecule has 1 aromatic rings. The van der Waals surface area contributed by atoms with Crippen molar-refractivity contribution >= 4 is 23.2 Å². The number of carbonyl (C=O) groups is 1. The molecule has 5 heteroatoms. The van der Waals surface area contributed by atoms with Gasteiger partial charge in [-0.25, -0.2) is 0 Å². The number of rotatable bonds is 5. The molecular formula is C15H17ClN2O2. The van der Waals surface area contributed by atoms with E-state index < -0.39 is 5.91 Å². The molecule has 0 saturated heterocycles. The van der Waals surface area contributed by atoms with Crippen molar-refractivity contribution in [3.8, 4) is 6.07 Å². The Bertz CT molecular complexity index is 559. The zero-order valence-electron chi connectivity index (χ0n) is 11.7. The number of anilines is 1. The lowest BCUT2D eigenvalue weighted by Gasteiger charge is -2.10. The van der Waals surface area contributed by atoms with Crippen LogP contribution in [-0.4, -0.2) is 12.5 Å². The Morgan fingerprint density at radius 3 is 2.75 bits per heavy atom. The molecule has 0 radical (unpaired) electrons. The van der Waals surface area contributed by atoms with Gasteiger partial charge in [0.1, 0.15) is 12.3 Å². The number of nitriles is 1. The molecule has 0 spiro atoms. The molecular weight excluding hydrogens is 276 g/mol. The molecule has 0 aliphatic heterocycles. The SMILES string of the molecule is CCOC=C(C#N)C(=O)Nc1ccc(C(C)C)c(Cl)c1. The average Bonchev–Trinajstić information content (AvgIpc) is 2.39. The molecule has 1 amide bonds. The van der Waals surface area contributed by atoms with E-state index in [-0.39, 0.29) is 5.57 Å². The maximum absolute atomic E-state index is 11.9. The summed E-state index contributed by atoms with van der Waals surface area (Å²) in [5, 5.41) is 12.1. The quantitative estimate of drug-likeness (QED) is 0.509. The molecule has 1 N–H and O–H groups in total. The van der Waals surface area contributed by atoms with Crippen LogP contribution in [0.5, 0.6) is 0 Å². The maximum Gasteiger partial charge on any atom is 0.269 e.